The van der Waals surface area contributed by atoms with Gasteiger partial charge in [0.25, 0.3) is 0 Å². The molecule has 1 aromatic carbocycles. The highest BCUT2D eigenvalue weighted by molar-refractivity contribution is 14.0. The van der Waals surface area contributed by atoms with Gasteiger partial charge in [-0.15, -0.1) is 24.0 Å². The molecule has 1 rings (SSSR count). The van der Waals surface area contributed by atoms with Crippen LogP contribution >= 0.6 is 24.0 Å². The molecule has 0 saturated carbocycles. The molecule has 0 saturated heterocycles. The number of hydrogen-bond donors (Lipinski definition) is 2. The minimum absolute atomic E-state index is 0. The monoisotopic (exact) mass is 431 g/mol. The van der Waals surface area contributed by atoms with Crippen LogP contribution in [-0.4, -0.2) is 38.4 Å². The molecule has 0 spiro atoms. The van der Waals surface area contributed by atoms with Crippen molar-refractivity contribution in [3.05, 3.63) is 35.9 Å². The smallest absolute Gasteiger partial charge is 0.372 e. The van der Waals surface area contributed by atoms with E-state index in [2.05, 4.69) is 15.0 Å². The Morgan fingerprint density at radius 3 is 2.55 bits per heavy atom. The third kappa shape index (κ3) is 11.6. The Morgan fingerprint density at radius 2 is 1.91 bits per heavy atom. The van der Waals surface area contributed by atoms with E-state index in [0.29, 0.717) is 25.5 Å². The summed E-state index contributed by atoms with van der Waals surface area (Å²) in [5.41, 5.74) is 6.83. The van der Waals surface area contributed by atoms with Crippen LogP contribution < -0.4 is 11.1 Å². The fourth-order valence-electron chi connectivity index (χ4n) is 1.59. The summed E-state index contributed by atoms with van der Waals surface area (Å²) in [6.07, 6.45) is -3.05. The number of hydrogen-bond acceptors (Lipinski definition) is 2. The van der Waals surface area contributed by atoms with E-state index in [4.69, 9.17) is 5.73 Å². The van der Waals surface area contributed by atoms with Crippen molar-refractivity contribution in [2.45, 2.75) is 19.0 Å². The second-order valence-electron chi connectivity index (χ2n) is 4.45. The summed E-state index contributed by atoms with van der Waals surface area (Å²) in [7, 11) is 0. The van der Waals surface area contributed by atoms with E-state index >= 15 is 0 Å². The summed E-state index contributed by atoms with van der Waals surface area (Å²) in [5, 5.41) is 2.95. The number of rotatable bonds is 8. The first-order valence-electron chi connectivity index (χ1n) is 6.69. The Kier molecular flexibility index (Phi) is 11.0. The van der Waals surface area contributed by atoms with Gasteiger partial charge in [0.05, 0.1) is 0 Å². The molecular weight excluding hydrogens is 410 g/mol. The average molecular weight is 431 g/mol. The maximum Gasteiger partial charge on any atom is 0.411 e. The van der Waals surface area contributed by atoms with Crippen molar-refractivity contribution in [3.8, 4) is 0 Å². The van der Waals surface area contributed by atoms with Gasteiger partial charge in [0.15, 0.2) is 5.96 Å². The number of nitrogens with zero attached hydrogens (tertiary/aromatic N) is 1. The number of guanidine groups is 1. The zero-order valence-corrected chi connectivity index (χ0v) is 14.4. The Balaban J connectivity index is 0.00000441. The molecule has 126 valence electrons. The van der Waals surface area contributed by atoms with Crippen LogP contribution in [0.25, 0.3) is 0 Å². The van der Waals surface area contributed by atoms with Gasteiger partial charge in [-0.05, 0) is 18.4 Å². The number of ether oxygens (including phenoxy) is 1. The van der Waals surface area contributed by atoms with Gasteiger partial charge < -0.3 is 15.8 Å². The number of nitrogens with two attached hydrogens (primary N) is 1. The van der Waals surface area contributed by atoms with Crippen molar-refractivity contribution in [1.29, 1.82) is 0 Å². The van der Waals surface area contributed by atoms with Gasteiger partial charge in [-0.3, -0.25) is 4.99 Å². The zero-order chi connectivity index (χ0) is 15.6. The van der Waals surface area contributed by atoms with Crippen molar-refractivity contribution in [3.63, 3.8) is 0 Å². The second kappa shape index (κ2) is 11.5. The molecule has 0 aliphatic heterocycles. The Bertz CT molecular complexity index is 427. The zero-order valence-electron chi connectivity index (χ0n) is 12.1. The van der Waals surface area contributed by atoms with Crippen molar-refractivity contribution < 1.29 is 17.9 Å². The van der Waals surface area contributed by atoms with E-state index in [0.717, 1.165) is 6.42 Å². The average Bonchev–Trinajstić information content (AvgIpc) is 2.43. The molecule has 0 aliphatic carbocycles. The molecule has 3 N–H and O–H groups in total. The SMILES string of the molecule is I.NC(=NCCCOCC(F)(F)F)NCCc1ccccc1. The summed E-state index contributed by atoms with van der Waals surface area (Å²) < 4.78 is 39.8. The molecule has 0 aromatic heterocycles. The van der Waals surface area contributed by atoms with Crippen molar-refractivity contribution in [2.75, 3.05) is 26.3 Å². The van der Waals surface area contributed by atoms with Gasteiger partial charge >= 0.3 is 6.18 Å². The highest BCUT2D eigenvalue weighted by Crippen LogP contribution is 2.14. The fourth-order valence-corrected chi connectivity index (χ4v) is 1.59. The Hall–Kier alpha value is -1.03. The largest absolute Gasteiger partial charge is 0.411 e. The number of alkyl halides is 3. The minimum atomic E-state index is -4.28. The van der Waals surface area contributed by atoms with Crippen molar-refractivity contribution in [1.82, 2.24) is 5.32 Å². The van der Waals surface area contributed by atoms with Crippen LogP contribution in [0.5, 0.6) is 0 Å². The number of aliphatic imine (C=N–C) groups is 1. The van der Waals surface area contributed by atoms with E-state index in [9.17, 15) is 13.2 Å². The topological polar surface area (TPSA) is 59.6 Å². The van der Waals surface area contributed by atoms with Crippen LogP contribution in [-0.2, 0) is 11.2 Å². The summed E-state index contributed by atoms with van der Waals surface area (Å²) in [6.45, 7) is -0.215. The van der Waals surface area contributed by atoms with Gasteiger partial charge in [-0.25, -0.2) is 0 Å². The lowest BCUT2D eigenvalue weighted by atomic mass is 10.1. The fraction of sp³-hybridized carbons (Fsp3) is 0.500. The maximum atomic E-state index is 11.8. The van der Waals surface area contributed by atoms with E-state index in [1.165, 1.54) is 5.56 Å². The van der Waals surface area contributed by atoms with Crippen LogP contribution in [0.2, 0.25) is 0 Å². The third-order valence-electron chi connectivity index (χ3n) is 2.56. The van der Waals surface area contributed by atoms with Crippen LogP contribution in [0.4, 0.5) is 13.2 Å². The molecule has 0 bridgehead atoms. The van der Waals surface area contributed by atoms with Gasteiger partial charge in [-0.2, -0.15) is 13.2 Å². The quantitative estimate of drug-likeness (QED) is 0.288. The van der Waals surface area contributed by atoms with Gasteiger partial charge in [0.1, 0.15) is 6.61 Å². The molecule has 0 heterocycles. The lowest BCUT2D eigenvalue weighted by Crippen LogP contribution is -2.33. The first-order valence-corrected chi connectivity index (χ1v) is 6.69. The number of nitrogens with one attached hydrogen (secondary N) is 1. The first-order chi connectivity index (χ1) is 9.97. The van der Waals surface area contributed by atoms with E-state index in [-0.39, 0.29) is 30.6 Å². The van der Waals surface area contributed by atoms with Crippen LogP contribution in [0.1, 0.15) is 12.0 Å². The molecule has 0 atom stereocenters. The second-order valence-corrected chi connectivity index (χ2v) is 4.45. The molecule has 0 fully saturated rings. The molecule has 8 heteroatoms. The molecule has 0 unspecified atom stereocenters. The summed E-state index contributed by atoms with van der Waals surface area (Å²) in [6, 6.07) is 9.93. The van der Waals surface area contributed by atoms with Gasteiger partial charge in [0.2, 0.25) is 0 Å². The van der Waals surface area contributed by atoms with Crippen LogP contribution in [0.3, 0.4) is 0 Å². The van der Waals surface area contributed by atoms with Gasteiger partial charge in [-0.1, -0.05) is 30.3 Å². The maximum absolute atomic E-state index is 11.8. The van der Waals surface area contributed by atoms with E-state index < -0.39 is 12.8 Å². The van der Waals surface area contributed by atoms with Crippen LogP contribution in [0.15, 0.2) is 35.3 Å². The normalized spacial score (nSPS) is 11.9. The summed E-state index contributed by atoms with van der Waals surface area (Å²) in [5.74, 6) is 0.293. The molecular formula is C14H21F3IN3O. The van der Waals surface area contributed by atoms with E-state index in [1.807, 2.05) is 30.3 Å². The van der Waals surface area contributed by atoms with Crippen LogP contribution in [0, 0.1) is 0 Å². The molecule has 1 aromatic rings. The third-order valence-corrected chi connectivity index (χ3v) is 2.56. The molecule has 4 nitrogen and oxygen atoms in total. The predicted molar refractivity (Wildman–Crippen MR) is 91.5 cm³/mol. The minimum Gasteiger partial charge on any atom is -0.372 e. The van der Waals surface area contributed by atoms with Gasteiger partial charge in [0, 0.05) is 19.7 Å². The Morgan fingerprint density at radius 1 is 1.23 bits per heavy atom. The summed E-state index contributed by atoms with van der Waals surface area (Å²) in [4.78, 5) is 4.01. The van der Waals surface area contributed by atoms with Crippen molar-refractivity contribution in [2.24, 2.45) is 10.7 Å². The highest BCUT2D eigenvalue weighted by atomic mass is 127. The Labute approximate surface area is 145 Å². The highest BCUT2D eigenvalue weighted by Gasteiger charge is 2.27. The molecule has 0 aliphatic rings. The lowest BCUT2D eigenvalue weighted by molar-refractivity contribution is -0.173. The first kappa shape index (κ1) is 21.0. The number of benzene rings is 1. The molecule has 0 radical (unpaired) electrons. The van der Waals surface area contributed by atoms with Crippen molar-refractivity contribution >= 4 is 29.9 Å². The summed E-state index contributed by atoms with van der Waals surface area (Å²) >= 11 is 0. The standard InChI is InChI=1S/C14H20F3N3O.HI/c15-14(16,17)11-21-10-4-8-19-13(18)20-9-7-12-5-2-1-3-6-12;/h1-3,5-6H,4,7-11H2,(H3,18,19,20);1H. The predicted octanol–water partition coefficient (Wildman–Crippen LogP) is 2.72. The van der Waals surface area contributed by atoms with E-state index in [1.54, 1.807) is 0 Å². The number of halogens is 4. The molecule has 0 amide bonds. The molecule has 22 heavy (non-hydrogen) atoms. The lowest BCUT2D eigenvalue weighted by Gasteiger charge is -2.07.